The smallest absolute Gasteiger partial charge is 0.485 e. The molecule has 4 rings (SSSR count). The first-order valence-electron chi connectivity index (χ1n) is 7.45. The molecule has 0 fully saturated rings. The van der Waals surface area contributed by atoms with Crippen molar-refractivity contribution in [1.29, 1.82) is 0 Å². The number of thiophene rings is 1. The first-order valence-corrected chi connectivity index (χ1v) is 9.67. The van der Waals surface area contributed by atoms with E-state index in [1.807, 2.05) is 12.1 Å². The Balaban J connectivity index is 0.000000226. The number of phenolic OH excluding ortho intramolecular Hbond substituents is 1. The van der Waals surface area contributed by atoms with Crippen LogP contribution >= 0.6 is 11.3 Å². The van der Waals surface area contributed by atoms with Crippen molar-refractivity contribution in [2.45, 2.75) is 5.51 Å². The fourth-order valence-electron chi connectivity index (χ4n) is 2.73. The zero-order valence-corrected chi connectivity index (χ0v) is 15.3. The summed E-state index contributed by atoms with van der Waals surface area (Å²) in [5, 5.41) is 12.2. The topological polar surface area (TPSA) is 81.3 Å². The first kappa shape index (κ1) is 19.3. The molecule has 0 aliphatic heterocycles. The molecule has 0 aliphatic rings. The Morgan fingerprint density at radius 2 is 1.67 bits per heavy atom. The van der Waals surface area contributed by atoms with E-state index in [9.17, 15) is 18.3 Å². The number of pyridine rings is 1. The van der Waals surface area contributed by atoms with Crippen molar-refractivity contribution < 1.29 is 35.8 Å². The van der Waals surface area contributed by atoms with Crippen LogP contribution in [0.4, 0.5) is 13.2 Å². The molecular weight excluding hydrogens is 403 g/mol. The van der Waals surface area contributed by atoms with Gasteiger partial charge in [-0.25, -0.2) is 8.42 Å². The van der Waals surface area contributed by atoms with Crippen LogP contribution in [0.1, 0.15) is 0 Å². The minimum atomic E-state index is -6.09. The lowest BCUT2D eigenvalue weighted by atomic mass is 10.1. The standard InChI is InChI=1S/C16H11NOS.CHF3O3S/c1-17-12-6-4-7-13(18)11(12)9-15-16(17)10-5-2-3-8-14(10)19-15;2-1(3,4)8(5,6)7/h2-9H,1H3;(H,5,6,7). The van der Waals surface area contributed by atoms with Crippen molar-refractivity contribution >= 4 is 52.7 Å². The maximum Gasteiger partial charge on any atom is 0.485 e. The van der Waals surface area contributed by atoms with Crippen LogP contribution < -0.4 is 4.57 Å². The van der Waals surface area contributed by atoms with Gasteiger partial charge in [0.1, 0.15) is 17.5 Å². The highest BCUT2D eigenvalue weighted by Crippen LogP contribution is 2.35. The van der Waals surface area contributed by atoms with Gasteiger partial charge in [0, 0.05) is 10.8 Å². The Morgan fingerprint density at radius 3 is 2.30 bits per heavy atom. The number of nitrogens with zero attached hydrogens (tertiary/aromatic N) is 1. The molecule has 0 amide bonds. The van der Waals surface area contributed by atoms with Crippen LogP contribution in [0.15, 0.2) is 48.5 Å². The number of rotatable bonds is 0. The van der Waals surface area contributed by atoms with Gasteiger partial charge in [-0.1, -0.05) is 18.2 Å². The summed E-state index contributed by atoms with van der Waals surface area (Å²) in [6, 6.07) is 16.2. The lowest BCUT2D eigenvalue weighted by Gasteiger charge is -2.08. The number of fused-ring (bicyclic) bond motifs is 4. The molecule has 10 heteroatoms. The highest BCUT2D eigenvalue weighted by molar-refractivity contribution is 7.86. The molecule has 0 bridgehead atoms. The summed E-state index contributed by atoms with van der Waals surface area (Å²) >= 11 is 1.77. The largest absolute Gasteiger partial charge is 0.741 e. The Morgan fingerprint density at radius 1 is 1.04 bits per heavy atom. The number of halogens is 3. The molecule has 0 saturated carbocycles. The summed E-state index contributed by atoms with van der Waals surface area (Å²) in [7, 11) is -4.03. The molecule has 2 aromatic carbocycles. The molecule has 0 radical (unpaired) electrons. The van der Waals surface area contributed by atoms with Crippen molar-refractivity contribution in [3.8, 4) is 5.75 Å². The molecule has 0 aliphatic carbocycles. The van der Waals surface area contributed by atoms with Crippen LogP contribution in [0, 0.1) is 0 Å². The van der Waals surface area contributed by atoms with Crippen molar-refractivity contribution in [1.82, 2.24) is 0 Å². The zero-order valence-electron chi connectivity index (χ0n) is 13.7. The molecular formula is C17H12F3NO4S2. The van der Waals surface area contributed by atoms with Gasteiger partial charge in [0.15, 0.2) is 10.1 Å². The lowest BCUT2D eigenvalue weighted by molar-refractivity contribution is -0.616. The average molecular weight is 415 g/mol. The van der Waals surface area contributed by atoms with E-state index in [-0.39, 0.29) is 0 Å². The molecule has 1 N–H and O–H groups in total. The number of aryl methyl sites for hydroxylation is 1. The van der Waals surface area contributed by atoms with Gasteiger partial charge in [-0.2, -0.15) is 17.7 Å². The van der Waals surface area contributed by atoms with Crippen molar-refractivity contribution in [3.05, 3.63) is 48.5 Å². The molecule has 0 saturated heterocycles. The summed E-state index contributed by atoms with van der Waals surface area (Å²) in [4.78, 5) is 0. The fourth-order valence-corrected chi connectivity index (χ4v) is 3.91. The van der Waals surface area contributed by atoms with Crippen LogP contribution in [0.25, 0.3) is 31.2 Å². The minimum absolute atomic E-state index is 0.340. The van der Waals surface area contributed by atoms with Crippen LogP contribution in [-0.2, 0) is 17.2 Å². The maximum atomic E-state index is 10.7. The zero-order chi connectivity index (χ0) is 20.0. The summed E-state index contributed by atoms with van der Waals surface area (Å²) < 4.78 is 63.6. The molecule has 2 aromatic heterocycles. The van der Waals surface area contributed by atoms with Crippen molar-refractivity contribution in [2.75, 3.05) is 0 Å². The average Bonchev–Trinajstić information content (AvgIpc) is 2.93. The van der Waals surface area contributed by atoms with E-state index in [2.05, 4.69) is 41.9 Å². The second kappa shape index (κ2) is 6.63. The second-order valence-electron chi connectivity index (χ2n) is 5.62. The van der Waals surface area contributed by atoms with E-state index in [1.165, 1.54) is 20.3 Å². The maximum absolute atomic E-state index is 10.7. The number of benzene rings is 2. The number of aromatic nitrogens is 1. The van der Waals surface area contributed by atoms with E-state index >= 15 is 0 Å². The fraction of sp³-hybridized carbons (Fsp3) is 0.118. The SMILES string of the molecule is C[n+]1c2cccc(O)c2cc2sc3ccccc3c21.O=S(=O)([O-])C(F)(F)F. The molecule has 5 nitrogen and oxygen atoms in total. The predicted octanol–water partition coefficient (Wildman–Crippen LogP) is 3.79. The number of aromatic hydroxyl groups is 1. The minimum Gasteiger partial charge on any atom is -0.741 e. The van der Waals surface area contributed by atoms with Gasteiger partial charge in [-0.3, -0.25) is 0 Å². The van der Waals surface area contributed by atoms with Crippen molar-refractivity contribution in [3.63, 3.8) is 0 Å². The van der Waals surface area contributed by atoms with Gasteiger partial charge >= 0.3 is 5.51 Å². The molecule has 0 atom stereocenters. The van der Waals surface area contributed by atoms with Crippen molar-refractivity contribution in [2.24, 2.45) is 7.05 Å². The van der Waals surface area contributed by atoms with Crippen LogP contribution in [0.3, 0.4) is 0 Å². The Bertz CT molecular complexity index is 1260. The van der Waals surface area contributed by atoms with Gasteiger partial charge in [-0.05, 0) is 24.3 Å². The van der Waals surface area contributed by atoms with E-state index in [1.54, 1.807) is 17.4 Å². The van der Waals surface area contributed by atoms with Gasteiger partial charge in [0.2, 0.25) is 11.0 Å². The monoisotopic (exact) mass is 415 g/mol. The molecule has 4 aromatic rings. The van der Waals surface area contributed by atoms with Gasteiger partial charge in [0.25, 0.3) is 0 Å². The van der Waals surface area contributed by atoms with Gasteiger partial charge < -0.3 is 9.66 Å². The quantitative estimate of drug-likeness (QED) is 0.269. The number of hydrogen-bond acceptors (Lipinski definition) is 5. The molecule has 27 heavy (non-hydrogen) atoms. The highest BCUT2D eigenvalue weighted by atomic mass is 32.2. The summed E-state index contributed by atoms with van der Waals surface area (Å²) in [5.74, 6) is 0.340. The molecule has 2 heterocycles. The number of hydrogen-bond donors (Lipinski definition) is 1. The third kappa shape index (κ3) is 3.55. The second-order valence-corrected chi connectivity index (χ2v) is 8.08. The van der Waals surface area contributed by atoms with E-state index in [0.29, 0.717) is 5.75 Å². The first-order chi connectivity index (χ1) is 12.5. The van der Waals surface area contributed by atoms with Crippen LogP contribution in [0.5, 0.6) is 5.75 Å². The normalized spacial score (nSPS) is 12.3. The third-order valence-electron chi connectivity index (χ3n) is 3.91. The van der Waals surface area contributed by atoms with Gasteiger partial charge in [0.05, 0.1) is 10.8 Å². The summed E-state index contributed by atoms with van der Waals surface area (Å²) in [6.07, 6.45) is 0. The van der Waals surface area contributed by atoms with E-state index in [0.717, 1.165) is 10.9 Å². The molecule has 0 unspecified atom stereocenters. The lowest BCUT2D eigenvalue weighted by Crippen LogP contribution is -2.29. The third-order valence-corrected chi connectivity index (χ3v) is 5.59. The Kier molecular flexibility index (Phi) is 4.74. The number of phenols is 1. The number of alkyl halides is 3. The summed E-state index contributed by atoms with van der Waals surface area (Å²) in [6.45, 7) is 0. The Labute approximate surface area is 155 Å². The Hall–Kier alpha value is -2.43. The predicted molar refractivity (Wildman–Crippen MR) is 95.4 cm³/mol. The highest BCUT2D eigenvalue weighted by Gasteiger charge is 2.36. The van der Waals surface area contributed by atoms with E-state index in [4.69, 9.17) is 13.0 Å². The molecule has 0 spiro atoms. The van der Waals surface area contributed by atoms with Crippen LogP contribution in [-0.4, -0.2) is 23.6 Å². The van der Waals surface area contributed by atoms with Crippen LogP contribution in [0.2, 0.25) is 0 Å². The van der Waals surface area contributed by atoms with Gasteiger partial charge in [-0.15, -0.1) is 11.3 Å². The molecule has 142 valence electrons. The van der Waals surface area contributed by atoms with E-state index < -0.39 is 15.6 Å². The summed E-state index contributed by atoms with van der Waals surface area (Å²) in [5.41, 5.74) is -3.36.